The molecule has 1 aromatic heterocycles. The molecule has 1 N–H and O–H groups in total. The van der Waals surface area contributed by atoms with Crippen LogP contribution in [0.15, 0.2) is 40.3 Å². The van der Waals surface area contributed by atoms with E-state index < -0.39 is 0 Å². The molecule has 24 heavy (non-hydrogen) atoms. The highest BCUT2D eigenvalue weighted by Gasteiger charge is 2.27. The van der Waals surface area contributed by atoms with Crippen LogP contribution in [0.4, 0.5) is 11.4 Å². The highest BCUT2D eigenvalue weighted by atomic mass is 32.2. The van der Waals surface area contributed by atoms with Crippen LogP contribution in [0, 0.1) is 6.92 Å². The van der Waals surface area contributed by atoms with Gasteiger partial charge in [-0.1, -0.05) is 11.8 Å². The maximum atomic E-state index is 12.3. The second-order valence-corrected chi connectivity index (χ2v) is 7.03. The van der Waals surface area contributed by atoms with Gasteiger partial charge in [-0.05, 0) is 31.2 Å². The molecule has 126 valence electrons. The van der Waals surface area contributed by atoms with Gasteiger partial charge >= 0.3 is 0 Å². The van der Waals surface area contributed by atoms with Crippen molar-refractivity contribution in [1.29, 1.82) is 0 Å². The van der Waals surface area contributed by atoms with Crippen LogP contribution in [0.25, 0.3) is 0 Å². The minimum absolute atomic E-state index is 0.0874. The molecule has 0 saturated carbocycles. The minimum Gasteiger partial charge on any atom is -0.378 e. The van der Waals surface area contributed by atoms with Gasteiger partial charge in [0.2, 0.25) is 5.91 Å². The summed E-state index contributed by atoms with van der Waals surface area (Å²) in [6, 6.07) is 9.02. The highest BCUT2D eigenvalue weighted by Crippen LogP contribution is 2.32. The number of carbonyl (C=O) groups is 1. The van der Waals surface area contributed by atoms with Crippen molar-refractivity contribution in [3.8, 4) is 0 Å². The molecule has 0 saturated heterocycles. The van der Waals surface area contributed by atoms with E-state index in [0.717, 1.165) is 11.4 Å². The topological polar surface area (TPSA) is 67.2 Å². The summed E-state index contributed by atoms with van der Waals surface area (Å²) < 4.78 is 1.63. The monoisotopic (exact) mass is 344 g/mol. The summed E-state index contributed by atoms with van der Waals surface area (Å²) in [7, 11) is 3.94. The molecule has 0 aliphatic carbocycles. The van der Waals surface area contributed by atoms with Crippen molar-refractivity contribution in [3.63, 3.8) is 0 Å². The summed E-state index contributed by atoms with van der Waals surface area (Å²) in [6.45, 7) is 1.81. The summed E-state index contributed by atoms with van der Waals surface area (Å²) in [5.74, 6) is 0.595. The number of hydrogen-bond acceptors (Lipinski definition) is 5. The summed E-state index contributed by atoms with van der Waals surface area (Å²) in [6.07, 6.45) is 0.264. The number of aromatic nitrogens is 2. The third kappa shape index (κ3) is 3.46. The molecule has 7 heteroatoms. The van der Waals surface area contributed by atoms with E-state index in [2.05, 4.69) is 10.3 Å². The lowest BCUT2D eigenvalue weighted by atomic mass is 10.2. The van der Waals surface area contributed by atoms with Crippen LogP contribution in [0.3, 0.4) is 0 Å². The van der Waals surface area contributed by atoms with Gasteiger partial charge in [-0.2, -0.15) is 0 Å². The zero-order valence-electron chi connectivity index (χ0n) is 13.9. The van der Waals surface area contributed by atoms with Crippen LogP contribution in [-0.4, -0.2) is 35.3 Å². The average Bonchev–Trinajstić information content (AvgIpc) is 2.90. The summed E-state index contributed by atoms with van der Waals surface area (Å²) in [5.41, 5.74) is 2.45. The van der Waals surface area contributed by atoms with E-state index in [0.29, 0.717) is 16.6 Å². The molecule has 0 fully saturated rings. The third-order valence-corrected chi connectivity index (χ3v) is 5.00. The Morgan fingerprint density at radius 1 is 1.38 bits per heavy atom. The molecule has 0 radical (unpaired) electrons. The fourth-order valence-corrected chi connectivity index (χ4v) is 3.88. The molecule has 1 aliphatic rings. The Morgan fingerprint density at radius 2 is 2.08 bits per heavy atom. The van der Waals surface area contributed by atoms with E-state index >= 15 is 0 Å². The van der Waals surface area contributed by atoms with Crippen molar-refractivity contribution in [2.75, 3.05) is 30.1 Å². The van der Waals surface area contributed by atoms with E-state index in [4.69, 9.17) is 0 Å². The molecule has 1 aliphatic heterocycles. The molecular weight excluding hydrogens is 324 g/mol. The van der Waals surface area contributed by atoms with E-state index in [9.17, 15) is 9.59 Å². The summed E-state index contributed by atoms with van der Waals surface area (Å²) in [4.78, 5) is 30.8. The van der Waals surface area contributed by atoms with Crippen molar-refractivity contribution in [2.24, 2.45) is 0 Å². The Kier molecular flexibility index (Phi) is 4.62. The molecule has 6 nitrogen and oxygen atoms in total. The SMILES string of the molecule is Cc1cc(=O)n2c(n1)SCC2CC(=O)Nc1ccc(N(C)C)cc1. The Labute approximate surface area is 144 Å². The van der Waals surface area contributed by atoms with Gasteiger partial charge in [0.15, 0.2) is 5.16 Å². The van der Waals surface area contributed by atoms with Gasteiger partial charge in [-0.3, -0.25) is 14.2 Å². The van der Waals surface area contributed by atoms with Crippen molar-refractivity contribution >= 4 is 29.0 Å². The lowest BCUT2D eigenvalue weighted by molar-refractivity contribution is -0.116. The van der Waals surface area contributed by atoms with Gasteiger partial charge in [-0.25, -0.2) is 4.98 Å². The standard InChI is InChI=1S/C17H20N4O2S/c1-11-8-16(23)21-14(10-24-17(21)18-11)9-15(22)19-12-4-6-13(7-5-12)20(2)3/h4-8,14H,9-10H2,1-3H3,(H,19,22). The highest BCUT2D eigenvalue weighted by molar-refractivity contribution is 7.99. The van der Waals surface area contributed by atoms with Crippen molar-refractivity contribution < 1.29 is 4.79 Å². The Hall–Kier alpha value is -2.28. The first kappa shape index (κ1) is 16.6. The first-order valence-corrected chi connectivity index (χ1v) is 8.73. The van der Waals surface area contributed by atoms with Gasteiger partial charge in [0.05, 0.1) is 6.04 Å². The number of nitrogens with one attached hydrogen (secondary N) is 1. The normalized spacial score (nSPS) is 15.9. The van der Waals surface area contributed by atoms with E-state index in [-0.39, 0.29) is 23.9 Å². The number of fused-ring (bicyclic) bond motifs is 1. The first-order valence-electron chi connectivity index (χ1n) is 7.74. The van der Waals surface area contributed by atoms with Crippen LogP contribution in [-0.2, 0) is 4.79 Å². The average molecular weight is 344 g/mol. The van der Waals surface area contributed by atoms with Crippen LogP contribution in [0.2, 0.25) is 0 Å². The molecule has 1 atom stereocenters. The number of carbonyl (C=O) groups excluding carboxylic acids is 1. The second-order valence-electron chi connectivity index (χ2n) is 6.05. The smallest absolute Gasteiger partial charge is 0.254 e. The van der Waals surface area contributed by atoms with Gasteiger partial charge in [0, 0.05) is 49.4 Å². The van der Waals surface area contributed by atoms with Gasteiger partial charge in [-0.15, -0.1) is 0 Å². The molecule has 2 heterocycles. The van der Waals surface area contributed by atoms with E-state index in [1.54, 1.807) is 11.5 Å². The number of aryl methyl sites for hydroxylation is 1. The number of anilines is 2. The molecule has 0 bridgehead atoms. The lowest BCUT2D eigenvalue weighted by Crippen LogP contribution is -2.27. The Morgan fingerprint density at radius 3 is 2.75 bits per heavy atom. The Bertz CT molecular complexity index is 814. The molecule has 0 spiro atoms. The van der Waals surface area contributed by atoms with Gasteiger partial charge < -0.3 is 10.2 Å². The summed E-state index contributed by atoms with van der Waals surface area (Å²) in [5, 5.41) is 3.60. The zero-order valence-corrected chi connectivity index (χ0v) is 14.8. The zero-order chi connectivity index (χ0) is 17.3. The molecule has 1 unspecified atom stereocenters. The third-order valence-electron chi connectivity index (χ3n) is 3.91. The van der Waals surface area contributed by atoms with Crippen LogP contribution in [0.5, 0.6) is 0 Å². The lowest BCUT2D eigenvalue weighted by Gasteiger charge is -2.15. The number of thioether (sulfide) groups is 1. The minimum atomic E-state index is -0.147. The first-order chi connectivity index (χ1) is 11.4. The molecule has 2 aromatic rings. The van der Waals surface area contributed by atoms with E-state index in [1.807, 2.05) is 43.3 Å². The maximum Gasteiger partial charge on any atom is 0.254 e. The van der Waals surface area contributed by atoms with Crippen molar-refractivity contribution in [2.45, 2.75) is 24.5 Å². The second kappa shape index (κ2) is 6.68. The van der Waals surface area contributed by atoms with Crippen LogP contribution < -0.4 is 15.8 Å². The number of benzene rings is 1. The van der Waals surface area contributed by atoms with Gasteiger partial charge in [0.1, 0.15) is 0 Å². The number of hydrogen-bond donors (Lipinski definition) is 1. The summed E-state index contributed by atoms with van der Waals surface area (Å²) >= 11 is 1.52. The van der Waals surface area contributed by atoms with Crippen molar-refractivity contribution in [3.05, 3.63) is 46.4 Å². The molecule has 1 aromatic carbocycles. The largest absolute Gasteiger partial charge is 0.378 e. The van der Waals surface area contributed by atoms with E-state index in [1.165, 1.54) is 17.8 Å². The fourth-order valence-electron chi connectivity index (χ4n) is 2.68. The van der Waals surface area contributed by atoms with Crippen LogP contribution >= 0.6 is 11.8 Å². The van der Waals surface area contributed by atoms with Crippen molar-refractivity contribution in [1.82, 2.24) is 9.55 Å². The van der Waals surface area contributed by atoms with Gasteiger partial charge in [0.25, 0.3) is 5.56 Å². The predicted molar refractivity (Wildman–Crippen MR) is 97.0 cm³/mol. The number of rotatable bonds is 4. The van der Waals surface area contributed by atoms with Crippen LogP contribution in [0.1, 0.15) is 18.2 Å². The molecule has 1 amide bonds. The predicted octanol–water partition coefficient (Wildman–Crippen LogP) is 2.29. The maximum absolute atomic E-state index is 12.3. The number of amides is 1. The quantitative estimate of drug-likeness (QED) is 0.862. The number of nitrogens with zero attached hydrogens (tertiary/aromatic N) is 3. The fraction of sp³-hybridized carbons (Fsp3) is 0.353. The Balaban J connectivity index is 1.68. The molecule has 3 rings (SSSR count). The molecular formula is C17H20N4O2S.